The van der Waals surface area contributed by atoms with Gasteiger partial charge in [-0.2, -0.15) is 0 Å². The van der Waals surface area contributed by atoms with E-state index in [9.17, 15) is 4.79 Å². The summed E-state index contributed by atoms with van der Waals surface area (Å²) in [6, 6.07) is 9.98. The molecule has 0 aromatic heterocycles. The topological polar surface area (TPSA) is 35.5 Å². The molecular formula is C21H26O3. The van der Waals surface area contributed by atoms with Gasteiger partial charge >= 0.3 is 5.97 Å². The molecule has 0 amide bonds. The van der Waals surface area contributed by atoms with Gasteiger partial charge in [-0.25, -0.2) is 0 Å². The normalized spacial score (nSPS) is 10.5. The Morgan fingerprint density at radius 2 is 1.71 bits per heavy atom. The lowest BCUT2D eigenvalue weighted by Crippen LogP contribution is -2.09. The molecule has 0 saturated heterocycles. The lowest BCUT2D eigenvalue weighted by Gasteiger charge is -2.16. The van der Waals surface area contributed by atoms with Crippen molar-refractivity contribution in [2.75, 3.05) is 0 Å². The number of rotatable bonds is 6. The van der Waals surface area contributed by atoms with E-state index in [0.29, 0.717) is 18.8 Å². The van der Waals surface area contributed by atoms with E-state index in [-0.39, 0.29) is 5.97 Å². The van der Waals surface area contributed by atoms with Crippen molar-refractivity contribution < 1.29 is 14.3 Å². The van der Waals surface area contributed by atoms with Gasteiger partial charge in [-0.3, -0.25) is 4.79 Å². The zero-order chi connectivity index (χ0) is 17.7. The Labute approximate surface area is 144 Å². The number of carbonyl (C=O) groups is 1. The van der Waals surface area contributed by atoms with Crippen molar-refractivity contribution in [3.8, 4) is 11.5 Å². The van der Waals surface area contributed by atoms with Crippen LogP contribution >= 0.6 is 0 Å². The third-order valence-corrected chi connectivity index (χ3v) is 4.27. The molecular weight excluding hydrogens is 300 g/mol. The second-order valence-electron chi connectivity index (χ2n) is 6.07. The zero-order valence-electron chi connectivity index (χ0n) is 15.2. The Morgan fingerprint density at radius 3 is 2.38 bits per heavy atom. The zero-order valence-corrected chi connectivity index (χ0v) is 15.2. The monoisotopic (exact) mass is 326 g/mol. The smallest absolute Gasteiger partial charge is 0.310 e. The first-order valence-corrected chi connectivity index (χ1v) is 8.48. The Kier molecular flexibility index (Phi) is 6.02. The molecule has 0 aliphatic carbocycles. The van der Waals surface area contributed by atoms with Crippen LogP contribution in [0.5, 0.6) is 11.5 Å². The molecule has 2 rings (SSSR count). The van der Waals surface area contributed by atoms with Gasteiger partial charge in [0.1, 0.15) is 18.1 Å². The molecule has 0 fully saturated rings. The Hall–Kier alpha value is -2.29. The second-order valence-corrected chi connectivity index (χ2v) is 6.07. The van der Waals surface area contributed by atoms with E-state index in [1.54, 1.807) is 6.92 Å². The highest BCUT2D eigenvalue weighted by molar-refractivity contribution is 5.72. The first kappa shape index (κ1) is 18.1. The van der Waals surface area contributed by atoms with Gasteiger partial charge in [0.25, 0.3) is 0 Å². The van der Waals surface area contributed by atoms with Gasteiger partial charge in [-0.05, 0) is 61.6 Å². The van der Waals surface area contributed by atoms with Crippen molar-refractivity contribution in [2.45, 2.75) is 54.1 Å². The quantitative estimate of drug-likeness (QED) is 0.549. The van der Waals surface area contributed by atoms with Crippen molar-refractivity contribution in [2.24, 2.45) is 0 Å². The molecule has 0 unspecified atom stereocenters. The van der Waals surface area contributed by atoms with Crippen LogP contribution < -0.4 is 9.47 Å². The Bertz CT molecular complexity index is 732. The van der Waals surface area contributed by atoms with E-state index in [1.165, 1.54) is 11.1 Å². The number of hydrogen-bond donors (Lipinski definition) is 0. The summed E-state index contributed by atoms with van der Waals surface area (Å²) in [6.45, 7) is 10.5. The molecule has 0 spiro atoms. The van der Waals surface area contributed by atoms with Gasteiger partial charge in [0.05, 0.1) is 0 Å². The maximum atomic E-state index is 11.6. The van der Waals surface area contributed by atoms with Crippen molar-refractivity contribution in [3.63, 3.8) is 0 Å². The SMILES string of the molecule is CCC(=O)Oc1cccc(C)c1COc1cc(C)c(CC)cc1C. The minimum absolute atomic E-state index is 0.235. The summed E-state index contributed by atoms with van der Waals surface area (Å²) >= 11 is 0. The van der Waals surface area contributed by atoms with Crippen LogP contribution in [0.1, 0.15) is 48.1 Å². The average molecular weight is 326 g/mol. The molecule has 0 heterocycles. The minimum atomic E-state index is -0.235. The van der Waals surface area contributed by atoms with Crippen molar-refractivity contribution >= 4 is 5.97 Å². The van der Waals surface area contributed by atoms with E-state index in [4.69, 9.17) is 9.47 Å². The van der Waals surface area contributed by atoms with Crippen LogP contribution in [0.25, 0.3) is 0 Å². The fraction of sp³-hybridized carbons (Fsp3) is 0.381. The van der Waals surface area contributed by atoms with Gasteiger partial charge in [0, 0.05) is 12.0 Å². The number of carbonyl (C=O) groups excluding carboxylic acids is 1. The van der Waals surface area contributed by atoms with E-state index in [0.717, 1.165) is 28.9 Å². The van der Waals surface area contributed by atoms with Crippen LogP contribution in [0.3, 0.4) is 0 Å². The van der Waals surface area contributed by atoms with Crippen molar-refractivity contribution in [1.29, 1.82) is 0 Å². The number of esters is 1. The maximum absolute atomic E-state index is 11.6. The fourth-order valence-corrected chi connectivity index (χ4v) is 2.69. The van der Waals surface area contributed by atoms with Crippen molar-refractivity contribution in [3.05, 3.63) is 58.1 Å². The number of hydrogen-bond acceptors (Lipinski definition) is 3. The molecule has 0 radical (unpaired) electrons. The lowest BCUT2D eigenvalue weighted by atomic mass is 10.0. The molecule has 0 N–H and O–H groups in total. The molecule has 128 valence electrons. The van der Waals surface area contributed by atoms with Gasteiger partial charge in [-0.15, -0.1) is 0 Å². The Morgan fingerprint density at radius 1 is 0.958 bits per heavy atom. The highest BCUT2D eigenvalue weighted by Crippen LogP contribution is 2.28. The van der Waals surface area contributed by atoms with Crippen LogP contribution in [-0.4, -0.2) is 5.97 Å². The summed E-state index contributed by atoms with van der Waals surface area (Å²) in [6.07, 6.45) is 1.37. The largest absolute Gasteiger partial charge is 0.488 e. The Balaban J connectivity index is 2.23. The molecule has 3 heteroatoms. The van der Waals surface area contributed by atoms with Crippen LogP contribution in [-0.2, 0) is 17.8 Å². The van der Waals surface area contributed by atoms with E-state index < -0.39 is 0 Å². The van der Waals surface area contributed by atoms with E-state index in [2.05, 4.69) is 32.9 Å². The number of ether oxygens (including phenoxy) is 2. The first-order valence-electron chi connectivity index (χ1n) is 8.48. The molecule has 3 nitrogen and oxygen atoms in total. The van der Waals surface area contributed by atoms with Gasteiger partial charge < -0.3 is 9.47 Å². The first-order chi connectivity index (χ1) is 11.5. The summed E-state index contributed by atoms with van der Waals surface area (Å²) < 4.78 is 11.5. The van der Waals surface area contributed by atoms with Crippen molar-refractivity contribution in [1.82, 2.24) is 0 Å². The third kappa shape index (κ3) is 4.16. The average Bonchev–Trinajstić information content (AvgIpc) is 2.56. The van der Waals surface area contributed by atoms with Crippen LogP contribution in [0.2, 0.25) is 0 Å². The summed E-state index contributed by atoms with van der Waals surface area (Å²) in [5, 5.41) is 0. The summed E-state index contributed by atoms with van der Waals surface area (Å²) in [4.78, 5) is 11.6. The summed E-state index contributed by atoms with van der Waals surface area (Å²) in [5.41, 5.74) is 5.67. The molecule has 0 bridgehead atoms. The molecule has 0 saturated carbocycles. The van der Waals surface area contributed by atoms with Crippen LogP contribution in [0.4, 0.5) is 0 Å². The molecule has 2 aromatic rings. The molecule has 0 aliphatic heterocycles. The summed E-state index contributed by atoms with van der Waals surface area (Å²) in [7, 11) is 0. The highest BCUT2D eigenvalue weighted by atomic mass is 16.5. The van der Waals surface area contributed by atoms with Crippen LogP contribution in [0.15, 0.2) is 30.3 Å². The number of benzene rings is 2. The summed E-state index contributed by atoms with van der Waals surface area (Å²) in [5.74, 6) is 1.23. The molecule has 0 aliphatic rings. The predicted octanol–water partition coefficient (Wildman–Crippen LogP) is 5.07. The predicted molar refractivity (Wildman–Crippen MR) is 96.7 cm³/mol. The van der Waals surface area contributed by atoms with E-state index in [1.807, 2.05) is 25.1 Å². The number of aryl methyl sites for hydroxylation is 4. The molecule has 24 heavy (non-hydrogen) atoms. The fourth-order valence-electron chi connectivity index (χ4n) is 2.69. The minimum Gasteiger partial charge on any atom is -0.488 e. The standard InChI is InChI=1S/C21H26O3/c1-6-17-11-16(5)20(12-15(17)4)23-13-18-14(3)9-8-10-19(18)24-21(22)7-2/h8-12H,6-7,13H2,1-5H3. The van der Waals surface area contributed by atoms with E-state index >= 15 is 0 Å². The van der Waals surface area contributed by atoms with Gasteiger partial charge in [0.15, 0.2) is 0 Å². The molecule has 0 atom stereocenters. The van der Waals surface area contributed by atoms with Crippen LogP contribution in [0, 0.1) is 20.8 Å². The lowest BCUT2D eigenvalue weighted by molar-refractivity contribution is -0.134. The van der Waals surface area contributed by atoms with Gasteiger partial charge in [0.2, 0.25) is 0 Å². The second kappa shape index (κ2) is 8.00. The third-order valence-electron chi connectivity index (χ3n) is 4.27. The highest BCUT2D eigenvalue weighted by Gasteiger charge is 2.12. The maximum Gasteiger partial charge on any atom is 0.310 e. The van der Waals surface area contributed by atoms with Gasteiger partial charge in [-0.1, -0.05) is 32.0 Å². The molecule has 2 aromatic carbocycles.